The van der Waals surface area contributed by atoms with E-state index in [9.17, 15) is 24.0 Å². The standard InChI is InChI=1S/C20H19N3O6/c21-20(28)29-11-4-2-1-3-6-12-7-5-8-13-16(12)19(27)23(18(13)26)14-9-10-15(24)22-17(14)25/h5,7-8,14H,1-2,4,9-11H2,(H2,21,28)(H,22,24,25). The average molecular weight is 397 g/mol. The molecule has 0 radical (unpaired) electrons. The van der Waals surface area contributed by atoms with Crippen LogP contribution < -0.4 is 11.1 Å². The highest BCUT2D eigenvalue weighted by molar-refractivity contribution is 6.24. The zero-order chi connectivity index (χ0) is 21.0. The average Bonchev–Trinajstić information content (AvgIpc) is 2.92. The summed E-state index contributed by atoms with van der Waals surface area (Å²) in [5.74, 6) is 3.62. The Kier molecular flexibility index (Phi) is 5.93. The van der Waals surface area contributed by atoms with Gasteiger partial charge in [0, 0.05) is 18.4 Å². The molecule has 1 atom stereocenters. The highest BCUT2D eigenvalue weighted by atomic mass is 16.5. The maximum absolute atomic E-state index is 12.9. The summed E-state index contributed by atoms with van der Waals surface area (Å²) in [6.07, 6.45) is 1.13. The number of ether oxygens (including phenoxy) is 1. The van der Waals surface area contributed by atoms with Crippen LogP contribution in [0.5, 0.6) is 0 Å². The number of amides is 5. The number of imide groups is 2. The van der Waals surface area contributed by atoms with Crippen LogP contribution in [0.25, 0.3) is 0 Å². The number of benzene rings is 1. The summed E-state index contributed by atoms with van der Waals surface area (Å²) >= 11 is 0. The van der Waals surface area contributed by atoms with E-state index in [0.29, 0.717) is 24.8 Å². The van der Waals surface area contributed by atoms with E-state index >= 15 is 0 Å². The van der Waals surface area contributed by atoms with Crippen LogP contribution in [0, 0.1) is 11.8 Å². The fraction of sp³-hybridized carbons (Fsp3) is 0.350. The number of rotatable bonds is 5. The van der Waals surface area contributed by atoms with Crippen molar-refractivity contribution in [3.8, 4) is 11.8 Å². The topological polar surface area (TPSA) is 136 Å². The van der Waals surface area contributed by atoms with Crippen LogP contribution in [0.15, 0.2) is 18.2 Å². The first-order chi connectivity index (χ1) is 13.9. The third kappa shape index (κ3) is 4.27. The smallest absolute Gasteiger partial charge is 0.404 e. The third-order valence-corrected chi connectivity index (χ3v) is 4.63. The van der Waals surface area contributed by atoms with Gasteiger partial charge in [-0.15, -0.1) is 0 Å². The number of piperidine rings is 1. The largest absolute Gasteiger partial charge is 0.450 e. The monoisotopic (exact) mass is 397 g/mol. The molecule has 150 valence electrons. The first-order valence-electron chi connectivity index (χ1n) is 9.16. The number of fused-ring (bicyclic) bond motifs is 1. The lowest BCUT2D eigenvalue weighted by molar-refractivity contribution is -0.136. The molecule has 3 rings (SSSR count). The summed E-state index contributed by atoms with van der Waals surface area (Å²) in [4.78, 5) is 60.5. The van der Waals surface area contributed by atoms with Crippen molar-refractivity contribution in [2.24, 2.45) is 5.73 Å². The Balaban J connectivity index is 1.72. The Bertz CT molecular complexity index is 959. The van der Waals surface area contributed by atoms with E-state index in [-0.39, 0.29) is 30.6 Å². The molecule has 0 aliphatic carbocycles. The second-order valence-corrected chi connectivity index (χ2v) is 6.60. The van der Waals surface area contributed by atoms with Crippen LogP contribution in [0.3, 0.4) is 0 Å². The quantitative estimate of drug-likeness (QED) is 0.427. The lowest BCUT2D eigenvalue weighted by Crippen LogP contribution is -2.54. The normalized spacial score (nSPS) is 18.1. The number of hydrogen-bond acceptors (Lipinski definition) is 6. The van der Waals surface area contributed by atoms with Crippen molar-refractivity contribution in [3.63, 3.8) is 0 Å². The molecule has 3 N–H and O–H groups in total. The van der Waals surface area contributed by atoms with Crippen molar-refractivity contribution in [2.75, 3.05) is 6.61 Å². The molecule has 9 nitrogen and oxygen atoms in total. The number of nitrogens with two attached hydrogens (primary N) is 1. The molecule has 0 aromatic heterocycles. The zero-order valence-electron chi connectivity index (χ0n) is 15.5. The van der Waals surface area contributed by atoms with Gasteiger partial charge in [-0.1, -0.05) is 17.9 Å². The van der Waals surface area contributed by atoms with Gasteiger partial charge in [0.15, 0.2) is 0 Å². The van der Waals surface area contributed by atoms with Crippen molar-refractivity contribution < 1.29 is 28.7 Å². The molecule has 29 heavy (non-hydrogen) atoms. The summed E-state index contributed by atoms with van der Waals surface area (Å²) in [5, 5.41) is 2.16. The molecule has 1 unspecified atom stereocenters. The number of nitrogens with one attached hydrogen (secondary N) is 1. The van der Waals surface area contributed by atoms with Gasteiger partial charge in [-0.25, -0.2) is 4.79 Å². The third-order valence-electron chi connectivity index (χ3n) is 4.63. The predicted octanol–water partition coefficient (Wildman–Crippen LogP) is 0.705. The fourth-order valence-electron chi connectivity index (χ4n) is 3.27. The molecule has 0 spiro atoms. The second kappa shape index (κ2) is 8.56. The number of carbonyl (C=O) groups excluding carboxylic acids is 5. The summed E-state index contributed by atoms with van der Waals surface area (Å²) in [6.45, 7) is 0.214. The molecule has 0 bridgehead atoms. The Morgan fingerprint density at radius 2 is 2.00 bits per heavy atom. The van der Waals surface area contributed by atoms with Gasteiger partial charge in [-0.2, -0.15) is 0 Å². The molecule has 2 aliphatic heterocycles. The van der Waals surface area contributed by atoms with Gasteiger partial charge in [0.25, 0.3) is 11.8 Å². The van der Waals surface area contributed by atoms with Gasteiger partial charge < -0.3 is 10.5 Å². The summed E-state index contributed by atoms with van der Waals surface area (Å²) in [7, 11) is 0. The molecule has 1 aromatic rings. The number of nitrogens with zero attached hydrogens (tertiary/aromatic N) is 1. The molecule has 2 heterocycles. The Morgan fingerprint density at radius 3 is 2.72 bits per heavy atom. The highest BCUT2D eigenvalue weighted by Crippen LogP contribution is 2.29. The van der Waals surface area contributed by atoms with Crippen LogP contribution in [0.4, 0.5) is 4.79 Å². The predicted molar refractivity (Wildman–Crippen MR) is 99.4 cm³/mol. The van der Waals surface area contributed by atoms with Crippen molar-refractivity contribution in [3.05, 3.63) is 34.9 Å². The van der Waals surface area contributed by atoms with Crippen molar-refractivity contribution in [2.45, 2.75) is 38.1 Å². The van der Waals surface area contributed by atoms with Crippen LogP contribution in [-0.4, -0.2) is 47.3 Å². The lowest BCUT2D eigenvalue weighted by atomic mass is 10.0. The molecule has 5 amide bonds. The molecule has 2 aliphatic rings. The van der Waals surface area contributed by atoms with Crippen molar-refractivity contribution in [1.82, 2.24) is 10.2 Å². The minimum Gasteiger partial charge on any atom is -0.450 e. The highest BCUT2D eigenvalue weighted by Gasteiger charge is 2.45. The molecule has 9 heteroatoms. The van der Waals surface area contributed by atoms with E-state index in [1.54, 1.807) is 12.1 Å². The van der Waals surface area contributed by atoms with Gasteiger partial charge in [-0.05, 0) is 31.4 Å². The minimum atomic E-state index is -1.01. The van der Waals surface area contributed by atoms with Crippen LogP contribution in [-0.2, 0) is 14.3 Å². The van der Waals surface area contributed by atoms with E-state index in [2.05, 4.69) is 21.9 Å². The van der Waals surface area contributed by atoms with Crippen LogP contribution >= 0.6 is 0 Å². The van der Waals surface area contributed by atoms with Gasteiger partial charge in [-0.3, -0.25) is 29.4 Å². The van der Waals surface area contributed by atoms with E-state index < -0.39 is 35.8 Å². The maximum Gasteiger partial charge on any atom is 0.404 e. The summed E-state index contributed by atoms with van der Waals surface area (Å²) < 4.78 is 4.63. The Morgan fingerprint density at radius 1 is 1.21 bits per heavy atom. The summed E-state index contributed by atoms with van der Waals surface area (Å²) in [5.41, 5.74) is 5.65. The van der Waals surface area contributed by atoms with Crippen molar-refractivity contribution >= 4 is 29.7 Å². The number of primary amides is 1. The Hall–Kier alpha value is -3.67. The van der Waals surface area contributed by atoms with E-state index in [0.717, 1.165) is 4.90 Å². The molecule has 1 fully saturated rings. The molecule has 1 aromatic carbocycles. The van der Waals surface area contributed by atoms with Crippen LogP contribution in [0.1, 0.15) is 58.4 Å². The van der Waals surface area contributed by atoms with Gasteiger partial charge in [0.05, 0.1) is 17.7 Å². The van der Waals surface area contributed by atoms with Gasteiger partial charge in [0.2, 0.25) is 11.8 Å². The molecule has 0 saturated carbocycles. The van der Waals surface area contributed by atoms with Gasteiger partial charge in [0.1, 0.15) is 6.04 Å². The van der Waals surface area contributed by atoms with Crippen LogP contribution in [0.2, 0.25) is 0 Å². The van der Waals surface area contributed by atoms with Gasteiger partial charge >= 0.3 is 6.09 Å². The zero-order valence-corrected chi connectivity index (χ0v) is 15.5. The first-order valence-corrected chi connectivity index (χ1v) is 9.16. The Labute approximate surface area is 166 Å². The van der Waals surface area contributed by atoms with E-state index in [4.69, 9.17) is 5.73 Å². The number of unbranched alkanes of at least 4 members (excludes halogenated alkanes) is 2. The molecular weight excluding hydrogens is 378 g/mol. The first kappa shape index (κ1) is 20.1. The van der Waals surface area contributed by atoms with E-state index in [1.807, 2.05) is 0 Å². The molecule has 1 saturated heterocycles. The van der Waals surface area contributed by atoms with Crippen molar-refractivity contribution in [1.29, 1.82) is 0 Å². The number of carbonyl (C=O) groups is 5. The summed E-state index contributed by atoms with van der Waals surface area (Å²) in [6, 6.07) is 3.78. The fourth-order valence-corrected chi connectivity index (χ4v) is 3.27. The second-order valence-electron chi connectivity index (χ2n) is 6.60. The minimum absolute atomic E-state index is 0.0654. The lowest BCUT2D eigenvalue weighted by Gasteiger charge is -2.27. The SMILES string of the molecule is NC(=O)OCCCCC#Cc1cccc2c1C(=O)N(C1CCC(=O)NC1=O)C2=O. The maximum atomic E-state index is 12.9. The van der Waals surface area contributed by atoms with E-state index in [1.165, 1.54) is 6.07 Å². The number of hydrogen-bond donors (Lipinski definition) is 2. The molecular formula is C20H19N3O6.